The number of hydrogen-bond acceptors (Lipinski definition) is 7. The van der Waals surface area contributed by atoms with Gasteiger partial charge in [-0.25, -0.2) is 9.97 Å². The molecular formula is C50H37F6N5O5S. The summed E-state index contributed by atoms with van der Waals surface area (Å²) in [5, 5.41) is 0. The molecule has 6 aromatic carbocycles. The highest BCUT2D eigenvalue weighted by molar-refractivity contribution is 7.93. The summed E-state index contributed by atoms with van der Waals surface area (Å²) in [5.41, 5.74) is 1.60. The van der Waals surface area contributed by atoms with Crippen LogP contribution in [0, 0.1) is 23.7 Å². The molecule has 0 aliphatic heterocycles. The number of hydrogen-bond donors (Lipinski definition) is 3. The number of alkyl halides is 6. The summed E-state index contributed by atoms with van der Waals surface area (Å²) in [6.07, 6.45) is -6.45. The Kier molecular flexibility index (Phi) is 13.7. The molecule has 0 amide bonds. The zero-order valence-electron chi connectivity index (χ0n) is 35.6. The van der Waals surface area contributed by atoms with E-state index in [0.717, 1.165) is 40.4 Å². The van der Waals surface area contributed by atoms with Gasteiger partial charge < -0.3 is 19.4 Å². The van der Waals surface area contributed by atoms with Gasteiger partial charge in [0.05, 0.1) is 34.4 Å². The Morgan fingerprint density at radius 1 is 0.672 bits per heavy atom. The highest BCUT2D eigenvalue weighted by Crippen LogP contribution is 2.34. The topological polar surface area (TPSA) is 139 Å². The van der Waals surface area contributed by atoms with Crippen LogP contribution < -0.4 is 14.2 Å². The van der Waals surface area contributed by atoms with Crippen molar-refractivity contribution in [1.29, 1.82) is 0 Å². The minimum atomic E-state index is -5.62. The number of nitrogens with zero attached hydrogens (tertiary/aromatic N) is 2. The maximum absolute atomic E-state index is 12.8. The fraction of sp³-hybridized carbons (Fsp3) is 0.140. The van der Waals surface area contributed by atoms with Gasteiger partial charge in [-0.05, 0) is 128 Å². The van der Waals surface area contributed by atoms with Crippen LogP contribution in [0.25, 0.3) is 44.3 Å². The van der Waals surface area contributed by atoms with Crippen LogP contribution in [-0.2, 0) is 10.0 Å². The number of nitrogens with one attached hydrogen (secondary N) is 3. The van der Waals surface area contributed by atoms with Crippen molar-refractivity contribution in [3.05, 3.63) is 162 Å². The zero-order valence-corrected chi connectivity index (χ0v) is 36.4. The molecule has 1 unspecified atom stereocenters. The number of H-pyrrole nitrogens is 2. The molecule has 3 N–H and O–H groups in total. The van der Waals surface area contributed by atoms with E-state index in [9.17, 15) is 39.6 Å². The van der Waals surface area contributed by atoms with Crippen molar-refractivity contribution in [3.63, 3.8) is 0 Å². The number of carbonyl (C=O) groups excluding carboxylic acids is 1. The van der Waals surface area contributed by atoms with E-state index in [1.54, 1.807) is 35.9 Å². The van der Waals surface area contributed by atoms with Gasteiger partial charge in [-0.1, -0.05) is 66.4 Å². The van der Waals surface area contributed by atoms with Crippen LogP contribution in [0.3, 0.4) is 0 Å². The molecule has 2 aromatic heterocycles. The number of benzene rings is 6. The quantitative estimate of drug-likeness (QED) is 0.0744. The first-order chi connectivity index (χ1) is 31.9. The number of aromatic nitrogens is 4. The van der Waals surface area contributed by atoms with Crippen LogP contribution in [0.4, 0.5) is 32.0 Å². The molecule has 0 spiro atoms. The maximum Gasteiger partial charge on any atom is 0.516 e. The Morgan fingerprint density at radius 3 is 1.67 bits per heavy atom. The fourth-order valence-corrected chi connectivity index (χ4v) is 7.08. The Morgan fingerprint density at radius 2 is 1.16 bits per heavy atom. The molecule has 10 nitrogen and oxygen atoms in total. The lowest BCUT2D eigenvalue weighted by Gasteiger charge is -2.17. The molecule has 17 heteroatoms. The number of fused-ring (bicyclic) bond motifs is 2. The number of halogens is 6. The molecule has 0 aliphatic carbocycles. The Hall–Kier alpha value is -8.02. The van der Waals surface area contributed by atoms with Gasteiger partial charge in [0, 0.05) is 22.3 Å². The number of sulfonamides is 1. The minimum absolute atomic E-state index is 0.0365. The van der Waals surface area contributed by atoms with Gasteiger partial charge >= 0.3 is 21.7 Å². The number of Topliss-reactive ketones (excluding diaryl/α,β-unsaturated/α-hetero) is 1. The van der Waals surface area contributed by atoms with Gasteiger partial charge in [0.1, 0.15) is 11.5 Å². The molecule has 0 radical (unpaired) electrons. The van der Waals surface area contributed by atoms with Crippen molar-refractivity contribution in [2.45, 2.75) is 38.6 Å². The number of para-hydroxylation sites is 1. The van der Waals surface area contributed by atoms with Gasteiger partial charge in [0.2, 0.25) is 0 Å². The number of ketones is 1. The van der Waals surface area contributed by atoms with Crippen molar-refractivity contribution in [1.82, 2.24) is 19.9 Å². The zero-order chi connectivity index (χ0) is 47.9. The largest absolute Gasteiger partial charge is 0.516 e. The second-order valence-corrected chi connectivity index (χ2v) is 16.3. The number of rotatable bonds is 9. The summed E-state index contributed by atoms with van der Waals surface area (Å²) in [5.74, 6) is 13.6. The molecule has 67 heavy (non-hydrogen) atoms. The Labute approximate surface area is 380 Å². The third-order valence-corrected chi connectivity index (χ3v) is 10.9. The standard InChI is InChI=1S/C25H17F6N3O3S.C25H20N2O2/c1-15(24(26,27)28)37-18-10-6-16(7-11-18)8-13-23-32-21-12-9-17(14-22(21)33-23)19-4-2-3-5-20(19)34-38(35,36)25(29,30)31;1-3-29-20-12-8-18(9-13-20)10-15-25-26-23-14-11-19(16-24(23)27-25)22-7-5-4-6-21(22)17(2)28/h2-7,9-12,14-15,34H,1H3,(H,32,33);4-9,11-14,16H,3H2,1-2H3,(H,26,27). The number of ether oxygens (including phenoxy) is 2. The third-order valence-electron chi connectivity index (χ3n) is 9.81. The van der Waals surface area contributed by atoms with E-state index in [-0.39, 0.29) is 28.6 Å². The lowest BCUT2D eigenvalue weighted by Crippen LogP contribution is -2.31. The van der Waals surface area contributed by atoms with Crippen LogP contribution >= 0.6 is 0 Å². The van der Waals surface area contributed by atoms with Crippen LogP contribution in [0.5, 0.6) is 11.5 Å². The van der Waals surface area contributed by atoms with E-state index in [2.05, 4.69) is 43.6 Å². The smallest absolute Gasteiger partial charge is 0.494 e. The predicted octanol–water partition coefficient (Wildman–Crippen LogP) is 11.5. The molecular weight excluding hydrogens is 897 g/mol. The van der Waals surface area contributed by atoms with Crippen LogP contribution in [0.2, 0.25) is 0 Å². The van der Waals surface area contributed by atoms with Crippen molar-refractivity contribution in [2.24, 2.45) is 0 Å². The average molecular weight is 934 g/mol. The second-order valence-electron chi connectivity index (χ2n) is 14.6. The summed E-state index contributed by atoms with van der Waals surface area (Å²) < 4.78 is 112. The first-order valence-electron chi connectivity index (χ1n) is 20.3. The Balaban J connectivity index is 0.000000206. The van der Waals surface area contributed by atoms with Gasteiger partial charge in [-0.15, -0.1) is 0 Å². The molecule has 0 fully saturated rings. The minimum Gasteiger partial charge on any atom is -0.494 e. The van der Waals surface area contributed by atoms with Crippen molar-refractivity contribution in [3.8, 4) is 57.4 Å². The third kappa shape index (κ3) is 11.6. The van der Waals surface area contributed by atoms with Crippen LogP contribution in [-0.4, -0.2) is 58.5 Å². The van der Waals surface area contributed by atoms with Crippen LogP contribution in [0.1, 0.15) is 53.9 Å². The van der Waals surface area contributed by atoms with E-state index in [1.165, 1.54) is 42.5 Å². The molecule has 340 valence electrons. The average Bonchev–Trinajstić information content (AvgIpc) is 3.91. The van der Waals surface area contributed by atoms with E-state index in [1.807, 2.05) is 73.7 Å². The second kappa shape index (κ2) is 19.6. The van der Waals surface area contributed by atoms with Gasteiger partial charge in [0.15, 0.2) is 23.5 Å². The maximum atomic E-state index is 12.8. The molecule has 0 saturated carbocycles. The highest BCUT2D eigenvalue weighted by atomic mass is 32.2. The summed E-state index contributed by atoms with van der Waals surface area (Å²) in [7, 11) is -5.62. The summed E-state index contributed by atoms with van der Waals surface area (Å²) >= 11 is 0. The van der Waals surface area contributed by atoms with E-state index < -0.39 is 27.8 Å². The molecule has 8 aromatic rings. The van der Waals surface area contributed by atoms with E-state index >= 15 is 0 Å². The first-order valence-corrected chi connectivity index (χ1v) is 21.7. The number of imidazole rings is 2. The fourth-order valence-electron chi connectivity index (χ4n) is 6.49. The van der Waals surface area contributed by atoms with Crippen molar-refractivity contribution in [2.75, 3.05) is 11.3 Å². The van der Waals surface area contributed by atoms with Crippen LogP contribution in [0.15, 0.2) is 133 Å². The summed E-state index contributed by atoms with van der Waals surface area (Å²) in [4.78, 5) is 27.0. The number of carbonyl (C=O) groups is 1. The number of anilines is 1. The summed E-state index contributed by atoms with van der Waals surface area (Å²) in [6, 6.07) is 37.3. The SMILES string of the molecule is CC(Oc1ccc(C#Cc2nc3ccc(-c4ccccc4NS(=O)(=O)C(F)(F)F)cc3[nH]2)cc1)C(F)(F)F.CCOc1ccc(C#Cc2nc3ccc(-c4ccccc4C(C)=O)cc3[nH]2)cc1. The van der Waals surface area contributed by atoms with Gasteiger partial charge in [-0.3, -0.25) is 9.52 Å². The normalized spacial score (nSPS) is 11.9. The predicted molar refractivity (Wildman–Crippen MR) is 244 cm³/mol. The lowest BCUT2D eigenvalue weighted by atomic mass is 9.97. The molecule has 2 heterocycles. The lowest BCUT2D eigenvalue weighted by molar-refractivity contribution is -0.189. The molecule has 8 rings (SSSR count). The van der Waals surface area contributed by atoms with Crippen molar-refractivity contribution >= 4 is 43.6 Å². The highest BCUT2D eigenvalue weighted by Gasteiger charge is 2.46. The number of aromatic amines is 2. The molecule has 1 atom stereocenters. The van der Waals surface area contributed by atoms with Crippen molar-refractivity contribution < 1.29 is 49.0 Å². The Bertz CT molecular complexity index is 3320. The van der Waals surface area contributed by atoms with E-state index in [0.29, 0.717) is 40.2 Å². The molecule has 0 saturated heterocycles. The summed E-state index contributed by atoms with van der Waals surface area (Å²) in [6.45, 7) is 5.09. The van der Waals surface area contributed by atoms with Gasteiger partial charge in [0.25, 0.3) is 0 Å². The monoisotopic (exact) mass is 933 g/mol. The molecule has 0 aliphatic rings. The molecule has 0 bridgehead atoms. The first kappa shape index (κ1) is 47.0. The van der Waals surface area contributed by atoms with E-state index in [4.69, 9.17) is 9.47 Å². The van der Waals surface area contributed by atoms with Gasteiger partial charge in [-0.2, -0.15) is 34.8 Å².